The van der Waals surface area contributed by atoms with E-state index in [0.29, 0.717) is 17.9 Å². The minimum atomic E-state index is -0.934. The summed E-state index contributed by atoms with van der Waals surface area (Å²) in [4.78, 5) is 10.9. The molecular weight excluding hydrogens is 280 g/mol. The highest BCUT2D eigenvalue weighted by Crippen LogP contribution is 2.21. The number of carbonyl (C=O) groups is 1. The van der Waals surface area contributed by atoms with E-state index in [1.807, 2.05) is 30.3 Å². The maximum atomic E-state index is 10.9. The van der Waals surface area contributed by atoms with Crippen LogP contribution in [0.15, 0.2) is 40.9 Å². The Balaban J connectivity index is 0.00000200. The Kier molecular flexibility index (Phi) is 5.73. The molecule has 0 aliphatic rings. The van der Waals surface area contributed by atoms with Gasteiger partial charge in [0.25, 0.3) is 0 Å². The number of hydrogen-bond acceptors (Lipinski definition) is 4. The van der Waals surface area contributed by atoms with E-state index in [2.05, 4.69) is 5.16 Å². The number of aliphatic carboxylic acids is 1. The summed E-state index contributed by atoms with van der Waals surface area (Å²) in [5.74, 6) is -1.12. The Morgan fingerprint density at radius 3 is 2.65 bits per heavy atom. The van der Waals surface area contributed by atoms with Crippen molar-refractivity contribution in [2.75, 3.05) is 0 Å². The van der Waals surface area contributed by atoms with Crippen molar-refractivity contribution in [3.8, 4) is 0 Å². The number of carboxylic acid groups (broad SMARTS) is 1. The molecule has 1 heterocycles. The van der Waals surface area contributed by atoms with Gasteiger partial charge >= 0.3 is 5.97 Å². The molecule has 108 valence electrons. The maximum Gasteiger partial charge on any atom is 0.312 e. The smallest absolute Gasteiger partial charge is 0.312 e. The quantitative estimate of drug-likeness (QED) is 0.885. The molecule has 0 saturated heterocycles. The highest BCUT2D eigenvalue weighted by atomic mass is 35.5. The Labute approximate surface area is 123 Å². The summed E-state index contributed by atoms with van der Waals surface area (Å²) >= 11 is 0. The standard InChI is InChI=1S/C14H16N2O3.ClH/c1-9(14(17)18)12-8-13(19-16-12)11(15)7-10-5-3-2-4-6-10;/h2-6,8-9,11H,7,15H2,1H3,(H,17,18);1H. The second-order valence-electron chi connectivity index (χ2n) is 4.51. The van der Waals surface area contributed by atoms with Crippen LogP contribution in [0.1, 0.15) is 35.9 Å². The van der Waals surface area contributed by atoms with Crippen LogP contribution in [-0.2, 0) is 11.2 Å². The van der Waals surface area contributed by atoms with Crippen molar-refractivity contribution in [1.29, 1.82) is 0 Å². The van der Waals surface area contributed by atoms with Crippen molar-refractivity contribution >= 4 is 18.4 Å². The van der Waals surface area contributed by atoms with E-state index in [4.69, 9.17) is 15.4 Å². The van der Waals surface area contributed by atoms with E-state index >= 15 is 0 Å². The van der Waals surface area contributed by atoms with Crippen LogP contribution in [0.2, 0.25) is 0 Å². The molecule has 1 aromatic carbocycles. The molecule has 5 nitrogen and oxygen atoms in total. The third-order valence-corrected chi connectivity index (χ3v) is 3.02. The molecular formula is C14H17ClN2O3. The minimum Gasteiger partial charge on any atom is -0.481 e. The summed E-state index contributed by atoms with van der Waals surface area (Å²) in [5.41, 5.74) is 7.53. The molecule has 2 atom stereocenters. The van der Waals surface area contributed by atoms with E-state index in [9.17, 15) is 4.79 Å². The number of rotatable bonds is 5. The first-order chi connectivity index (χ1) is 9.08. The largest absolute Gasteiger partial charge is 0.481 e. The van der Waals surface area contributed by atoms with Crippen LogP contribution in [0.4, 0.5) is 0 Å². The third kappa shape index (κ3) is 3.82. The van der Waals surface area contributed by atoms with Gasteiger partial charge in [0.2, 0.25) is 0 Å². The maximum absolute atomic E-state index is 10.9. The molecule has 0 aliphatic heterocycles. The number of hydrogen-bond donors (Lipinski definition) is 2. The van der Waals surface area contributed by atoms with Crippen LogP contribution in [0, 0.1) is 0 Å². The highest BCUT2D eigenvalue weighted by molar-refractivity contribution is 5.85. The number of nitrogens with zero attached hydrogens (tertiary/aromatic N) is 1. The van der Waals surface area contributed by atoms with Gasteiger partial charge in [-0.2, -0.15) is 0 Å². The van der Waals surface area contributed by atoms with Crippen LogP contribution in [0.5, 0.6) is 0 Å². The normalized spacial score (nSPS) is 13.3. The van der Waals surface area contributed by atoms with Crippen LogP contribution >= 0.6 is 12.4 Å². The van der Waals surface area contributed by atoms with Crippen molar-refractivity contribution in [2.24, 2.45) is 5.73 Å². The SMILES string of the molecule is CC(C(=O)O)c1cc(C(N)Cc2ccccc2)on1.Cl. The van der Waals surface area contributed by atoms with Gasteiger partial charge in [0.1, 0.15) is 0 Å². The zero-order valence-electron chi connectivity index (χ0n) is 11.0. The molecule has 0 amide bonds. The summed E-state index contributed by atoms with van der Waals surface area (Å²) in [6.07, 6.45) is 0.622. The fraction of sp³-hybridized carbons (Fsp3) is 0.286. The van der Waals surface area contributed by atoms with Crippen LogP contribution in [-0.4, -0.2) is 16.2 Å². The van der Waals surface area contributed by atoms with Crippen molar-refractivity contribution in [3.05, 3.63) is 53.4 Å². The first-order valence-electron chi connectivity index (χ1n) is 6.06. The second kappa shape index (κ2) is 7.07. The summed E-state index contributed by atoms with van der Waals surface area (Å²) in [5, 5.41) is 12.7. The van der Waals surface area contributed by atoms with Gasteiger partial charge in [-0.1, -0.05) is 35.5 Å². The van der Waals surface area contributed by atoms with Crippen LogP contribution in [0.3, 0.4) is 0 Å². The van der Waals surface area contributed by atoms with Gasteiger partial charge in [-0.25, -0.2) is 0 Å². The fourth-order valence-electron chi connectivity index (χ4n) is 1.78. The van der Waals surface area contributed by atoms with E-state index in [0.717, 1.165) is 5.56 Å². The van der Waals surface area contributed by atoms with Crippen molar-refractivity contribution in [1.82, 2.24) is 5.16 Å². The third-order valence-electron chi connectivity index (χ3n) is 3.02. The topological polar surface area (TPSA) is 89.3 Å². The molecule has 0 aliphatic carbocycles. The molecule has 2 aromatic rings. The summed E-state index contributed by atoms with van der Waals surface area (Å²) in [6.45, 7) is 1.56. The average molecular weight is 297 g/mol. The fourth-order valence-corrected chi connectivity index (χ4v) is 1.78. The van der Waals surface area contributed by atoms with Crippen LogP contribution in [0.25, 0.3) is 0 Å². The van der Waals surface area contributed by atoms with Crippen molar-refractivity contribution in [2.45, 2.75) is 25.3 Å². The first-order valence-corrected chi connectivity index (χ1v) is 6.06. The van der Waals surface area contributed by atoms with E-state index in [1.54, 1.807) is 13.0 Å². The number of aromatic nitrogens is 1. The lowest BCUT2D eigenvalue weighted by Gasteiger charge is -2.07. The van der Waals surface area contributed by atoms with Crippen LogP contribution < -0.4 is 5.73 Å². The highest BCUT2D eigenvalue weighted by Gasteiger charge is 2.20. The predicted molar refractivity (Wildman–Crippen MR) is 76.9 cm³/mol. The van der Waals surface area contributed by atoms with Crippen molar-refractivity contribution < 1.29 is 14.4 Å². The molecule has 20 heavy (non-hydrogen) atoms. The molecule has 0 fully saturated rings. The molecule has 0 saturated carbocycles. The number of carboxylic acids is 1. The summed E-state index contributed by atoms with van der Waals surface area (Å²) in [6, 6.07) is 11.1. The molecule has 3 N–H and O–H groups in total. The Morgan fingerprint density at radius 1 is 1.40 bits per heavy atom. The number of halogens is 1. The molecule has 2 unspecified atom stereocenters. The Hall–Kier alpha value is -1.85. The first kappa shape index (κ1) is 16.2. The van der Waals surface area contributed by atoms with E-state index < -0.39 is 11.9 Å². The number of nitrogens with two attached hydrogens (primary N) is 1. The minimum absolute atomic E-state index is 0. The van der Waals surface area contributed by atoms with E-state index in [-0.39, 0.29) is 18.4 Å². The molecule has 0 spiro atoms. The zero-order chi connectivity index (χ0) is 13.8. The molecule has 1 aromatic heterocycles. The Morgan fingerprint density at radius 2 is 2.05 bits per heavy atom. The second-order valence-corrected chi connectivity index (χ2v) is 4.51. The lowest BCUT2D eigenvalue weighted by atomic mass is 10.0. The molecule has 2 rings (SSSR count). The zero-order valence-corrected chi connectivity index (χ0v) is 11.8. The van der Waals surface area contributed by atoms with Gasteiger partial charge < -0.3 is 15.4 Å². The van der Waals surface area contributed by atoms with Gasteiger partial charge in [-0.15, -0.1) is 12.4 Å². The lowest BCUT2D eigenvalue weighted by molar-refractivity contribution is -0.138. The van der Waals surface area contributed by atoms with Gasteiger partial charge in [0.15, 0.2) is 5.76 Å². The van der Waals surface area contributed by atoms with Gasteiger partial charge in [-0.05, 0) is 18.9 Å². The number of benzene rings is 1. The monoisotopic (exact) mass is 296 g/mol. The molecule has 0 radical (unpaired) electrons. The summed E-state index contributed by atoms with van der Waals surface area (Å²) in [7, 11) is 0. The Bertz CT molecular complexity index is 557. The molecule has 6 heteroatoms. The molecule has 0 bridgehead atoms. The van der Waals surface area contributed by atoms with Crippen molar-refractivity contribution in [3.63, 3.8) is 0 Å². The lowest BCUT2D eigenvalue weighted by Crippen LogP contribution is -2.12. The average Bonchev–Trinajstić information content (AvgIpc) is 2.88. The van der Waals surface area contributed by atoms with Gasteiger partial charge in [-0.3, -0.25) is 4.79 Å². The predicted octanol–water partition coefficient (Wildman–Crippen LogP) is 2.53. The van der Waals surface area contributed by atoms with Gasteiger partial charge in [0, 0.05) is 6.07 Å². The summed E-state index contributed by atoms with van der Waals surface area (Å²) < 4.78 is 5.13. The van der Waals surface area contributed by atoms with E-state index in [1.165, 1.54) is 0 Å². The van der Waals surface area contributed by atoms with Gasteiger partial charge in [0.05, 0.1) is 17.7 Å².